The zero-order valence-corrected chi connectivity index (χ0v) is 8.92. The summed E-state index contributed by atoms with van der Waals surface area (Å²) < 4.78 is 1.61. The zero-order chi connectivity index (χ0) is 11.5. The molecular weight excluding hydrogens is 208 g/mol. The largest absolute Gasteiger partial charge is 0.476 e. The molecule has 1 saturated heterocycles. The number of carbonyl (C=O) groups is 1. The second kappa shape index (κ2) is 4.33. The summed E-state index contributed by atoms with van der Waals surface area (Å²) in [5, 5.41) is 16.1. The Balaban J connectivity index is 1.90. The molecule has 2 heterocycles. The fraction of sp³-hybridized carbons (Fsp3) is 0.500. The van der Waals surface area contributed by atoms with Gasteiger partial charge in [0.15, 0.2) is 5.69 Å². The fourth-order valence-corrected chi connectivity index (χ4v) is 1.58. The molecule has 0 bridgehead atoms. The summed E-state index contributed by atoms with van der Waals surface area (Å²) in [7, 11) is 0. The lowest BCUT2D eigenvalue weighted by molar-refractivity contribution is 0.0690. The van der Waals surface area contributed by atoms with Crippen LogP contribution >= 0.6 is 0 Å². The van der Waals surface area contributed by atoms with Crippen LogP contribution in [0, 0.1) is 11.8 Å². The number of rotatable bonds is 3. The van der Waals surface area contributed by atoms with Crippen molar-refractivity contribution in [2.75, 3.05) is 19.6 Å². The third-order valence-corrected chi connectivity index (χ3v) is 2.52. The molecule has 1 aliphatic rings. The van der Waals surface area contributed by atoms with Crippen LogP contribution in [0.2, 0.25) is 0 Å². The first kappa shape index (κ1) is 10.6. The Bertz CT molecular complexity index is 451. The number of likely N-dealkylation sites (tertiary alicyclic amines) is 1. The summed E-state index contributed by atoms with van der Waals surface area (Å²) in [6.07, 6.45) is 1.47. The van der Waals surface area contributed by atoms with Gasteiger partial charge in [-0.2, -0.15) is 0 Å². The lowest BCUT2D eigenvalue weighted by Gasteiger charge is -2.37. The van der Waals surface area contributed by atoms with Crippen LogP contribution < -0.4 is 0 Å². The summed E-state index contributed by atoms with van der Waals surface area (Å²) in [4.78, 5) is 12.8. The molecular formula is C10H12N4O2. The van der Waals surface area contributed by atoms with Gasteiger partial charge in [-0.15, -0.1) is 11.0 Å². The molecule has 1 aromatic rings. The van der Waals surface area contributed by atoms with E-state index in [1.165, 1.54) is 6.20 Å². The second-order valence-corrected chi connectivity index (χ2v) is 3.66. The normalized spacial score (nSPS) is 16.3. The Hall–Kier alpha value is -1.87. The van der Waals surface area contributed by atoms with Crippen LogP contribution in [0.15, 0.2) is 6.20 Å². The molecule has 1 fully saturated rings. The Labute approximate surface area is 92.9 Å². The van der Waals surface area contributed by atoms with Crippen molar-refractivity contribution < 1.29 is 9.90 Å². The Morgan fingerprint density at radius 3 is 3.00 bits per heavy atom. The van der Waals surface area contributed by atoms with E-state index in [0.717, 1.165) is 19.6 Å². The molecule has 6 heteroatoms. The van der Waals surface area contributed by atoms with E-state index in [2.05, 4.69) is 27.1 Å². The molecule has 0 amide bonds. The Morgan fingerprint density at radius 1 is 1.69 bits per heavy atom. The van der Waals surface area contributed by atoms with Crippen LogP contribution in [0.1, 0.15) is 23.5 Å². The standard InChI is InChI=1S/C10H12N4O2/c1-2-3-4-13-5-8(6-13)14-7-9(10(15)16)11-12-14/h7-8H,4-6H2,1H3,(H,15,16). The van der Waals surface area contributed by atoms with Crippen molar-refractivity contribution in [1.82, 2.24) is 19.9 Å². The molecule has 2 rings (SSSR count). The monoisotopic (exact) mass is 220 g/mol. The molecule has 1 aliphatic heterocycles. The van der Waals surface area contributed by atoms with E-state index in [1.807, 2.05) is 6.92 Å². The summed E-state index contributed by atoms with van der Waals surface area (Å²) in [5.41, 5.74) is -0.00759. The SMILES string of the molecule is CC#CCN1CC(n2cc(C(=O)O)nn2)C1. The lowest BCUT2D eigenvalue weighted by atomic mass is 10.1. The maximum atomic E-state index is 10.6. The molecule has 0 aliphatic carbocycles. The van der Waals surface area contributed by atoms with E-state index in [9.17, 15) is 4.79 Å². The molecule has 84 valence electrons. The van der Waals surface area contributed by atoms with Crippen LogP contribution in [0.25, 0.3) is 0 Å². The molecule has 1 N–H and O–H groups in total. The van der Waals surface area contributed by atoms with Crippen molar-refractivity contribution in [1.29, 1.82) is 0 Å². The van der Waals surface area contributed by atoms with E-state index < -0.39 is 5.97 Å². The molecule has 0 saturated carbocycles. The summed E-state index contributed by atoms with van der Waals surface area (Å²) >= 11 is 0. The molecule has 1 aromatic heterocycles. The summed E-state index contributed by atoms with van der Waals surface area (Å²) in [6, 6.07) is 0.222. The maximum Gasteiger partial charge on any atom is 0.358 e. The van der Waals surface area contributed by atoms with E-state index >= 15 is 0 Å². The van der Waals surface area contributed by atoms with Gasteiger partial charge in [0.1, 0.15) is 0 Å². The summed E-state index contributed by atoms with van der Waals surface area (Å²) in [6.45, 7) is 4.26. The highest BCUT2D eigenvalue weighted by atomic mass is 16.4. The van der Waals surface area contributed by atoms with Gasteiger partial charge in [-0.05, 0) is 6.92 Å². The number of carboxylic acids is 1. The van der Waals surface area contributed by atoms with Gasteiger partial charge in [0, 0.05) is 13.1 Å². The van der Waals surface area contributed by atoms with Gasteiger partial charge in [-0.3, -0.25) is 4.90 Å². The van der Waals surface area contributed by atoms with Crippen molar-refractivity contribution >= 4 is 5.97 Å². The van der Waals surface area contributed by atoms with Crippen LogP contribution in [0.4, 0.5) is 0 Å². The zero-order valence-electron chi connectivity index (χ0n) is 8.92. The fourth-order valence-electron chi connectivity index (χ4n) is 1.58. The number of nitrogens with zero attached hydrogens (tertiary/aromatic N) is 4. The van der Waals surface area contributed by atoms with Crippen molar-refractivity contribution in [3.8, 4) is 11.8 Å². The number of carboxylic acid groups (broad SMARTS) is 1. The first-order chi connectivity index (χ1) is 7.70. The average Bonchev–Trinajstić information content (AvgIpc) is 2.64. The minimum absolute atomic E-state index is 0.00759. The van der Waals surface area contributed by atoms with Gasteiger partial charge >= 0.3 is 5.97 Å². The molecule has 6 nitrogen and oxygen atoms in total. The minimum Gasteiger partial charge on any atom is -0.476 e. The molecule has 0 atom stereocenters. The smallest absolute Gasteiger partial charge is 0.358 e. The number of hydrogen-bond donors (Lipinski definition) is 1. The van der Waals surface area contributed by atoms with Crippen LogP contribution in [-0.4, -0.2) is 50.6 Å². The van der Waals surface area contributed by atoms with E-state index in [4.69, 9.17) is 5.11 Å². The van der Waals surface area contributed by atoms with Crippen molar-refractivity contribution in [2.24, 2.45) is 0 Å². The Morgan fingerprint density at radius 2 is 2.44 bits per heavy atom. The Kier molecular flexibility index (Phi) is 2.88. The number of aromatic carboxylic acids is 1. The molecule has 16 heavy (non-hydrogen) atoms. The number of hydrogen-bond acceptors (Lipinski definition) is 4. The van der Waals surface area contributed by atoms with E-state index in [1.54, 1.807) is 4.68 Å². The quantitative estimate of drug-likeness (QED) is 0.718. The third-order valence-electron chi connectivity index (χ3n) is 2.52. The first-order valence-corrected chi connectivity index (χ1v) is 4.98. The molecule has 0 radical (unpaired) electrons. The average molecular weight is 220 g/mol. The highest BCUT2D eigenvalue weighted by Crippen LogP contribution is 2.19. The summed E-state index contributed by atoms with van der Waals surface area (Å²) in [5.74, 6) is 4.78. The van der Waals surface area contributed by atoms with Gasteiger partial charge in [-0.1, -0.05) is 11.1 Å². The van der Waals surface area contributed by atoms with Crippen LogP contribution in [-0.2, 0) is 0 Å². The second-order valence-electron chi connectivity index (χ2n) is 3.66. The highest BCUT2D eigenvalue weighted by Gasteiger charge is 2.28. The van der Waals surface area contributed by atoms with Gasteiger partial charge in [0.25, 0.3) is 0 Å². The van der Waals surface area contributed by atoms with Crippen molar-refractivity contribution in [3.05, 3.63) is 11.9 Å². The molecule has 0 spiro atoms. The van der Waals surface area contributed by atoms with Crippen molar-refractivity contribution in [2.45, 2.75) is 13.0 Å². The van der Waals surface area contributed by atoms with Crippen molar-refractivity contribution in [3.63, 3.8) is 0 Å². The van der Waals surface area contributed by atoms with Gasteiger partial charge in [0.05, 0.1) is 18.8 Å². The number of aromatic nitrogens is 3. The maximum absolute atomic E-state index is 10.6. The third kappa shape index (κ3) is 2.04. The predicted molar refractivity (Wildman–Crippen MR) is 55.9 cm³/mol. The molecule has 0 unspecified atom stereocenters. The van der Waals surface area contributed by atoms with Crippen LogP contribution in [0.5, 0.6) is 0 Å². The predicted octanol–water partition coefficient (Wildman–Crippen LogP) is -0.144. The van der Waals surface area contributed by atoms with E-state index in [0.29, 0.717) is 0 Å². The van der Waals surface area contributed by atoms with Gasteiger partial charge in [-0.25, -0.2) is 9.48 Å². The van der Waals surface area contributed by atoms with Crippen LogP contribution in [0.3, 0.4) is 0 Å². The highest BCUT2D eigenvalue weighted by molar-refractivity contribution is 5.84. The lowest BCUT2D eigenvalue weighted by Crippen LogP contribution is -2.47. The van der Waals surface area contributed by atoms with E-state index in [-0.39, 0.29) is 11.7 Å². The minimum atomic E-state index is -1.04. The van der Waals surface area contributed by atoms with Gasteiger partial charge < -0.3 is 5.11 Å². The first-order valence-electron chi connectivity index (χ1n) is 4.98. The molecule has 0 aromatic carbocycles. The topological polar surface area (TPSA) is 71.2 Å². The van der Waals surface area contributed by atoms with Gasteiger partial charge in [0.2, 0.25) is 0 Å².